The van der Waals surface area contributed by atoms with Crippen molar-refractivity contribution in [2.75, 3.05) is 14.2 Å². The second kappa shape index (κ2) is 5.47. The molecule has 0 unspecified atom stereocenters. The predicted molar refractivity (Wildman–Crippen MR) is 73.2 cm³/mol. The van der Waals surface area contributed by atoms with E-state index in [9.17, 15) is 5.11 Å². The highest BCUT2D eigenvalue weighted by Gasteiger charge is 2.36. The molecule has 0 radical (unpaired) electrons. The van der Waals surface area contributed by atoms with Gasteiger partial charge in [-0.05, 0) is 50.9 Å². The average molecular weight is 270 g/mol. The number of hydrogen-bond donors (Lipinski definition) is 2. The van der Waals surface area contributed by atoms with Gasteiger partial charge in [-0.3, -0.25) is 0 Å². The lowest BCUT2D eigenvalue weighted by Crippen LogP contribution is -2.38. The summed E-state index contributed by atoms with van der Waals surface area (Å²) in [7, 11) is 3.59. The summed E-state index contributed by atoms with van der Waals surface area (Å²) in [6.45, 7) is 0. The first-order chi connectivity index (χ1) is 8.59. The van der Waals surface area contributed by atoms with Gasteiger partial charge in [0.15, 0.2) is 0 Å². The van der Waals surface area contributed by atoms with E-state index in [0.717, 1.165) is 31.2 Å². The molecule has 0 spiro atoms. The third-order valence-electron chi connectivity index (χ3n) is 3.88. The Bertz CT molecular complexity index is 414. The Morgan fingerprint density at radius 1 is 1.39 bits per heavy atom. The minimum atomic E-state index is -0.816. The fraction of sp³-hybridized carbons (Fsp3) is 0.571. The number of methoxy groups -OCH3 is 1. The molecule has 100 valence electrons. The van der Waals surface area contributed by atoms with Gasteiger partial charge in [-0.2, -0.15) is 0 Å². The van der Waals surface area contributed by atoms with Crippen LogP contribution in [-0.2, 0) is 5.60 Å². The largest absolute Gasteiger partial charge is 0.496 e. The number of aliphatic hydroxyl groups is 1. The van der Waals surface area contributed by atoms with Gasteiger partial charge in [-0.25, -0.2) is 0 Å². The zero-order chi connectivity index (χ0) is 13.2. The summed E-state index contributed by atoms with van der Waals surface area (Å²) < 4.78 is 5.34. The van der Waals surface area contributed by atoms with Gasteiger partial charge in [0, 0.05) is 16.6 Å². The molecule has 2 N–H and O–H groups in total. The number of rotatable bonds is 3. The number of nitrogens with one attached hydrogen (secondary N) is 1. The van der Waals surface area contributed by atoms with Gasteiger partial charge < -0.3 is 15.2 Å². The lowest BCUT2D eigenvalue weighted by Gasteiger charge is -2.37. The van der Waals surface area contributed by atoms with E-state index in [-0.39, 0.29) is 0 Å². The van der Waals surface area contributed by atoms with E-state index in [1.807, 2.05) is 19.2 Å². The quantitative estimate of drug-likeness (QED) is 0.887. The first-order valence-corrected chi connectivity index (χ1v) is 6.70. The summed E-state index contributed by atoms with van der Waals surface area (Å²) in [6, 6.07) is 5.92. The molecule has 4 heteroatoms. The Balaban J connectivity index is 2.27. The summed E-state index contributed by atoms with van der Waals surface area (Å²) in [5.74, 6) is 0.713. The number of halogens is 1. The lowest BCUT2D eigenvalue weighted by atomic mass is 9.77. The Morgan fingerprint density at radius 2 is 2.06 bits per heavy atom. The molecule has 0 heterocycles. The topological polar surface area (TPSA) is 41.5 Å². The Labute approximate surface area is 113 Å². The van der Waals surface area contributed by atoms with Crippen LogP contribution in [0.1, 0.15) is 31.2 Å². The Morgan fingerprint density at radius 3 is 2.61 bits per heavy atom. The van der Waals surface area contributed by atoms with Crippen molar-refractivity contribution < 1.29 is 9.84 Å². The summed E-state index contributed by atoms with van der Waals surface area (Å²) in [5.41, 5.74) is -0.00379. The molecule has 1 saturated carbocycles. The summed E-state index contributed by atoms with van der Waals surface area (Å²) >= 11 is 6.03. The van der Waals surface area contributed by atoms with Crippen LogP contribution >= 0.6 is 11.6 Å². The van der Waals surface area contributed by atoms with Crippen LogP contribution in [0, 0.1) is 0 Å². The molecular weight excluding hydrogens is 250 g/mol. The van der Waals surface area contributed by atoms with Crippen LogP contribution in [0.25, 0.3) is 0 Å². The first-order valence-electron chi connectivity index (χ1n) is 6.33. The fourth-order valence-electron chi connectivity index (χ4n) is 2.70. The molecule has 0 aliphatic heterocycles. The number of benzene rings is 1. The molecule has 3 nitrogen and oxygen atoms in total. The zero-order valence-electron chi connectivity index (χ0n) is 10.9. The van der Waals surface area contributed by atoms with E-state index in [1.54, 1.807) is 13.2 Å². The van der Waals surface area contributed by atoms with Gasteiger partial charge in [0.05, 0.1) is 12.7 Å². The highest BCUT2D eigenvalue weighted by Crippen LogP contribution is 2.42. The van der Waals surface area contributed by atoms with Gasteiger partial charge in [0.25, 0.3) is 0 Å². The van der Waals surface area contributed by atoms with E-state index in [1.165, 1.54) is 0 Å². The molecule has 1 aromatic rings. The second-order valence-electron chi connectivity index (χ2n) is 4.94. The van der Waals surface area contributed by atoms with Crippen LogP contribution in [-0.4, -0.2) is 25.3 Å². The molecule has 0 atom stereocenters. The molecule has 1 fully saturated rings. The molecule has 0 aromatic heterocycles. The molecule has 1 aliphatic rings. The maximum absolute atomic E-state index is 10.8. The summed E-state index contributed by atoms with van der Waals surface area (Å²) in [5, 5.41) is 14.7. The van der Waals surface area contributed by atoms with Crippen LogP contribution in [0.5, 0.6) is 5.75 Å². The van der Waals surface area contributed by atoms with Crippen LogP contribution in [0.15, 0.2) is 18.2 Å². The highest BCUT2D eigenvalue weighted by molar-refractivity contribution is 6.30. The second-order valence-corrected chi connectivity index (χ2v) is 5.38. The Hall–Kier alpha value is -0.770. The van der Waals surface area contributed by atoms with Gasteiger partial charge in [-0.15, -0.1) is 0 Å². The highest BCUT2D eigenvalue weighted by atomic mass is 35.5. The monoisotopic (exact) mass is 269 g/mol. The van der Waals surface area contributed by atoms with Crippen molar-refractivity contribution in [3.63, 3.8) is 0 Å². The third kappa shape index (κ3) is 2.63. The molecule has 18 heavy (non-hydrogen) atoms. The summed E-state index contributed by atoms with van der Waals surface area (Å²) in [4.78, 5) is 0. The van der Waals surface area contributed by atoms with E-state index < -0.39 is 5.60 Å². The standard InChI is InChI=1S/C14H20ClNO2/c1-16-11-5-7-14(17,8-6-11)12-9-10(15)3-4-13(12)18-2/h3-4,9,11,16-17H,5-8H2,1-2H3. The van der Waals surface area contributed by atoms with Crippen LogP contribution < -0.4 is 10.1 Å². The molecule has 0 bridgehead atoms. The Kier molecular flexibility index (Phi) is 4.15. The maximum Gasteiger partial charge on any atom is 0.125 e. The van der Waals surface area contributed by atoms with Gasteiger partial charge >= 0.3 is 0 Å². The maximum atomic E-state index is 10.8. The van der Waals surface area contributed by atoms with Crippen molar-refractivity contribution in [2.45, 2.75) is 37.3 Å². The molecule has 1 aromatic carbocycles. The molecule has 2 rings (SSSR count). The van der Waals surface area contributed by atoms with Gasteiger partial charge in [-0.1, -0.05) is 11.6 Å². The smallest absolute Gasteiger partial charge is 0.125 e. The predicted octanol–water partition coefficient (Wildman–Crippen LogP) is 2.70. The van der Waals surface area contributed by atoms with Gasteiger partial charge in [0.2, 0.25) is 0 Å². The summed E-state index contributed by atoms with van der Waals surface area (Å²) in [6.07, 6.45) is 3.38. The first kappa shape index (κ1) is 13.7. The van der Waals surface area contributed by atoms with Crippen LogP contribution in [0.4, 0.5) is 0 Å². The van der Waals surface area contributed by atoms with Crippen molar-refractivity contribution in [2.24, 2.45) is 0 Å². The molecule has 0 saturated heterocycles. The van der Waals surface area contributed by atoms with Crippen molar-refractivity contribution in [1.29, 1.82) is 0 Å². The zero-order valence-corrected chi connectivity index (χ0v) is 11.6. The number of ether oxygens (including phenoxy) is 1. The van der Waals surface area contributed by atoms with Crippen molar-refractivity contribution in [3.05, 3.63) is 28.8 Å². The molecule has 1 aliphatic carbocycles. The average Bonchev–Trinajstić information content (AvgIpc) is 2.39. The van der Waals surface area contributed by atoms with Crippen molar-refractivity contribution in [1.82, 2.24) is 5.32 Å². The molecular formula is C14H20ClNO2. The number of hydrogen-bond acceptors (Lipinski definition) is 3. The van der Waals surface area contributed by atoms with E-state index in [2.05, 4.69) is 5.32 Å². The van der Waals surface area contributed by atoms with E-state index >= 15 is 0 Å². The van der Waals surface area contributed by atoms with Crippen LogP contribution in [0.3, 0.4) is 0 Å². The van der Waals surface area contributed by atoms with Crippen molar-refractivity contribution in [3.8, 4) is 5.75 Å². The van der Waals surface area contributed by atoms with Crippen LogP contribution in [0.2, 0.25) is 5.02 Å². The SMILES string of the molecule is CNC1CCC(O)(c2cc(Cl)ccc2OC)CC1. The minimum Gasteiger partial charge on any atom is -0.496 e. The van der Waals surface area contributed by atoms with Gasteiger partial charge in [0.1, 0.15) is 5.75 Å². The van der Waals surface area contributed by atoms with E-state index in [4.69, 9.17) is 16.3 Å². The third-order valence-corrected chi connectivity index (χ3v) is 4.12. The molecule has 0 amide bonds. The van der Waals surface area contributed by atoms with E-state index in [0.29, 0.717) is 16.8 Å². The lowest BCUT2D eigenvalue weighted by molar-refractivity contribution is -0.00945. The normalized spacial score (nSPS) is 28.1. The fourth-order valence-corrected chi connectivity index (χ4v) is 2.87. The van der Waals surface area contributed by atoms with Crippen molar-refractivity contribution >= 4 is 11.6 Å². The minimum absolute atomic E-state index is 0.496.